The molecule has 1 unspecified atom stereocenters. The maximum absolute atomic E-state index is 12.5. The first-order valence-electron chi connectivity index (χ1n) is 6.49. The number of piperidine rings is 1. The highest BCUT2D eigenvalue weighted by molar-refractivity contribution is 5.98. The van der Waals surface area contributed by atoms with Crippen molar-refractivity contribution in [1.29, 1.82) is 0 Å². The summed E-state index contributed by atoms with van der Waals surface area (Å²) in [6, 6.07) is 6.13. The summed E-state index contributed by atoms with van der Waals surface area (Å²) in [6.07, 6.45) is 0.853. The van der Waals surface area contributed by atoms with E-state index in [4.69, 9.17) is 5.73 Å². The molecule has 0 spiro atoms. The molecule has 1 aliphatic rings. The van der Waals surface area contributed by atoms with Crippen LogP contribution >= 0.6 is 0 Å². The lowest BCUT2D eigenvalue weighted by Crippen LogP contribution is -2.56. The Bertz CT molecular complexity index is 479. The Kier molecular flexibility index (Phi) is 3.20. The first-order valence-corrected chi connectivity index (χ1v) is 6.49. The Morgan fingerprint density at radius 2 is 1.94 bits per heavy atom. The van der Waals surface area contributed by atoms with Crippen molar-refractivity contribution >= 4 is 11.6 Å². The van der Waals surface area contributed by atoms with Gasteiger partial charge in [0.05, 0.1) is 5.41 Å². The van der Waals surface area contributed by atoms with E-state index in [1.807, 2.05) is 24.8 Å². The average Bonchev–Trinajstić information content (AvgIpc) is 2.31. The number of rotatable bonds is 1. The summed E-state index contributed by atoms with van der Waals surface area (Å²) in [5, 5.41) is 0. The largest absolute Gasteiger partial charge is 0.327 e. The number of carbonyl (C=O) groups is 1. The summed E-state index contributed by atoms with van der Waals surface area (Å²) in [5.41, 5.74) is 9.03. The number of carbonyl (C=O) groups excluding carboxylic acids is 1. The molecule has 98 valence electrons. The van der Waals surface area contributed by atoms with Gasteiger partial charge in [-0.1, -0.05) is 6.07 Å². The summed E-state index contributed by atoms with van der Waals surface area (Å²) in [7, 11) is 0. The number of anilines is 1. The maximum atomic E-state index is 12.5. The second kappa shape index (κ2) is 4.39. The first-order chi connectivity index (χ1) is 8.34. The second-order valence-corrected chi connectivity index (χ2v) is 5.84. The van der Waals surface area contributed by atoms with Gasteiger partial charge in [-0.15, -0.1) is 0 Å². The van der Waals surface area contributed by atoms with Crippen LogP contribution in [0.2, 0.25) is 0 Å². The van der Waals surface area contributed by atoms with Crippen molar-refractivity contribution in [3.8, 4) is 0 Å². The Balaban J connectivity index is 2.34. The molecule has 2 N–H and O–H groups in total. The van der Waals surface area contributed by atoms with Gasteiger partial charge >= 0.3 is 0 Å². The number of nitrogens with zero attached hydrogens (tertiary/aromatic N) is 1. The summed E-state index contributed by atoms with van der Waals surface area (Å²) >= 11 is 0. The van der Waals surface area contributed by atoms with Gasteiger partial charge in [0.2, 0.25) is 5.91 Å². The van der Waals surface area contributed by atoms with Crippen LogP contribution in [0, 0.1) is 19.3 Å². The van der Waals surface area contributed by atoms with Crippen LogP contribution in [-0.4, -0.2) is 18.5 Å². The van der Waals surface area contributed by atoms with Crippen LogP contribution < -0.4 is 10.6 Å². The molecule has 1 heterocycles. The number of hydrogen-bond donors (Lipinski definition) is 1. The standard InChI is InChI=1S/C15H22N2O/c1-10-5-6-12(9-11(10)2)17-8-7-13(16)15(3,4)14(17)18/h5-6,9,13H,7-8,16H2,1-4H3. The van der Waals surface area contributed by atoms with Crippen LogP contribution in [-0.2, 0) is 4.79 Å². The van der Waals surface area contributed by atoms with Gasteiger partial charge in [0, 0.05) is 18.3 Å². The smallest absolute Gasteiger partial charge is 0.234 e. The van der Waals surface area contributed by atoms with Crippen molar-refractivity contribution in [2.75, 3.05) is 11.4 Å². The summed E-state index contributed by atoms with van der Waals surface area (Å²) in [5.74, 6) is 0.129. The molecule has 0 radical (unpaired) electrons. The lowest BCUT2D eigenvalue weighted by molar-refractivity contribution is -0.129. The zero-order chi connectivity index (χ0) is 13.5. The Hall–Kier alpha value is -1.35. The van der Waals surface area contributed by atoms with E-state index in [9.17, 15) is 4.79 Å². The zero-order valence-electron chi connectivity index (χ0n) is 11.7. The molecule has 1 aliphatic heterocycles. The Morgan fingerprint density at radius 3 is 2.56 bits per heavy atom. The molecule has 0 saturated carbocycles. The SMILES string of the molecule is Cc1ccc(N2CCC(N)C(C)(C)C2=O)cc1C. The third kappa shape index (κ3) is 2.03. The maximum Gasteiger partial charge on any atom is 0.234 e. The van der Waals surface area contributed by atoms with E-state index in [0.717, 1.165) is 12.1 Å². The lowest BCUT2D eigenvalue weighted by atomic mass is 9.78. The quantitative estimate of drug-likeness (QED) is 0.827. The van der Waals surface area contributed by atoms with Crippen LogP contribution in [0.3, 0.4) is 0 Å². The molecule has 2 rings (SSSR count). The Labute approximate surface area is 109 Å². The van der Waals surface area contributed by atoms with Crippen molar-refractivity contribution in [2.45, 2.75) is 40.2 Å². The number of nitrogens with two attached hydrogens (primary N) is 1. The second-order valence-electron chi connectivity index (χ2n) is 5.84. The molecule has 0 bridgehead atoms. The molecule has 1 atom stereocenters. The molecular formula is C15H22N2O. The highest BCUT2D eigenvalue weighted by atomic mass is 16.2. The van der Waals surface area contributed by atoms with Crippen LogP contribution in [0.15, 0.2) is 18.2 Å². The predicted molar refractivity (Wildman–Crippen MR) is 74.6 cm³/mol. The van der Waals surface area contributed by atoms with Crippen molar-refractivity contribution in [3.63, 3.8) is 0 Å². The molecule has 1 saturated heterocycles. The predicted octanol–water partition coefficient (Wildman–Crippen LogP) is 2.39. The number of benzene rings is 1. The lowest BCUT2D eigenvalue weighted by Gasteiger charge is -2.41. The molecular weight excluding hydrogens is 224 g/mol. The fourth-order valence-electron chi connectivity index (χ4n) is 2.38. The number of hydrogen-bond acceptors (Lipinski definition) is 2. The van der Waals surface area contributed by atoms with Gasteiger partial charge in [0.15, 0.2) is 0 Å². The van der Waals surface area contributed by atoms with Gasteiger partial charge in [-0.3, -0.25) is 4.79 Å². The van der Waals surface area contributed by atoms with Crippen LogP contribution in [0.25, 0.3) is 0 Å². The molecule has 3 heteroatoms. The van der Waals surface area contributed by atoms with Gasteiger partial charge < -0.3 is 10.6 Å². The first kappa shape index (κ1) is 13.1. The minimum absolute atomic E-state index is 0.0483. The highest BCUT2D eigenvalue weighted by Gasteiger charge is 2.42. The van der Waals surface area contributed by atoms with Gasteiger partial charge in [0.25, 0.3) is 0 Å². The van der Waals surface area contributed by atoms with E-state index < -0.39 is 5.41 Å². The molecule has 18 heavy (non-hydrogen) atoms. The number of aryl methyl sites for hydroxylation is 2. The Morgan fingerprint density at radius 1 is 1.28 bits per heavy atom. The summed E-state index contributed by atoms with van der Waals surface area (Å²) in [6.45, 7) is 8.74. The minimum atomic E-state index is -0.475. The average molecular weight is 246 g/mol. The van der Waals surface area contributed by atoms with Crippen molar-refractivity contribution in [3.05, 3.63) is 29.3 Å². The summed E-state index contributed by atoms with van der Waals surface area (Å²) < 4.78 is 0. The van der Waals surface area contributed by atoms with Crippen LogP contribution in [0.4, 0.5) is 5.69 Å². The van der Waals surface area contributed by atoms with Crippen molar-refractivity contribution < 1.29 is 4.79 Å². The van der Waals surface area contributed by atoms with Gasteiger partial charge in [-0.2, -0.15) is 0 Å². The van der Waals surface area contributed by atoms with Gasteiger partial charge in [0.1, 0.15) is 0 Å². The van der Waals surface area contributed by atoms with E-state index in [-0.39, 0.29) is 11.9 Å². The van der Waals surface area contributed by atoms with E-state index in [0.29, 0.717) is 6.54 Å². The fourth-order valence-corrected chi connectivity index (χ4v) is 2.38. The fraction of sp³-hybridized carbons (Fsp3) is 0.533. The third-order valence-corrected chi connectivity index (χ3v) is 4.19. The van der Waals surface area contributed by atoms with Crippen LogP contribution in [0.1, 0.15) is 31.4 Å². The van der Waals surface area contributed by atoms with Crippen molar-refractivity contribution in [2.24, 2.45) is 11.1 Å². The molecule has 1 aromatic rings. The molecule has 0 aromatic heterocycles. The molecule has 0 aliphatic carbocycles. The molecule has 3 nitrogen and oxygen atoms in total. The topological polar surface area (TPSA) is 46.3 Å². The van der Waals surface area contributed by atoms with E-state index in [2.05, 4.69) is 26.0 Å². The van der Waals surface area contributed by atoms with E-state index in [1.165, 1.54) is 11.1 Å². The van der Waals surface area contributed by atoms with Crippen LogP contribution in [0.5, 0.6) is 0 Å². The highest BCUT2D eigenvalue weighted by Crippen LogP contribution is 2.32. The van der Waals surface area contributed by atoms with Gasteiger partial charge in [-0.25, -0.2) is 0 Å². The normalized spacial score (nSPS) is 23.3. The van der Waals surface area contributed by atoms with E-state index >= 15 is 0 Å². The van der Waals surface area contributed by atoms with E-state index in [1.54, 1.807) is 0 Å². The molecule has 1 amide bonds. The molecule has 1 fully saturated rings. The monoisotopic (exact) mass is 246 g/mol. The molecule has 1 aromatic carbocycles. The van der Waals surface area contributed by atoms with Gasteiger partial charge in [-0.05, 0) is 57.4 Å². The minimum Gasteiger partial charge on any atom is -0.327 e. The third-order valence-electron chi connectivity index (χ3n) is 4.19. The zero-order valence-corrected chi connectivity index (χ0v) is 11.7. The summed E-state index contributed by atoms with van der Waals surface area (Å²) in [4.78, 5) is 14.4. The number of amides is 1. The van der Waals surface area contributed by atoms with Crippen molar-refractivity contribution in [1.82, 2.24) is 0 Å².